The molecule has 1 unspecified atom stereocenters. The molecule has 1 saturated heterocycles. The lowest BCUT2D eigenvalue weighted by atomic mass is 10.1. The number of guanidine groups is 1. The second-order valence-electron chi connectivity index (χ2n) is 6.53. The summed E-state index contributed by atoms with van der Waals surface area (Å²) in [6, 6.07) is 2.26. The molecule has 140 valence electrons. The topological polar surface area (TPSA) is 58.1 Å². The number of ether oxygens (including phenoxy) is 2. The second kappa shape index (κ2) is 10.1. The molecule has 1 atom stereocenters. The summed E-state index contributed by atoms with van der Waals surface area (Å²) in [5, 5.41) is 8.97. The van der Waals surface area contributed by atoms with E-state index in [-0.39, 0.29) is 0 Å². The quantitative estimate of drug-likeness (QED) is 0.414. The van der Waals surface area contributed by atoms with Crippen LogP contribution in [0.25, 0.3) is 0 Å². The van der Waals surface area contributed by atoms with Gasteiger partial charge in [-0.25, -0.2) is 0 Å². The van der Waals surface area contributed by atoms with E-state index in [0.717, 1.165) is 71.3 Å². The van der Waals surface area contributed by atoms with Crippen LogP contribution in [0.1, 0.15) is 23.3 Å². The highest BCUT2D eigenvalue weighted by atomic mass is 32.1. The van der Waals surface area contributed by atoms with Crippen LogP contribution in [-0.4, -0.2) is 70.0 Å². The standard InChI is InChI=1S/C18H30N4O2S/c1-19-18(20-6-2-10-24-16-4-11-23-14-16)21-7-9-22-8-3-17-15(13-22)5-12-25-17/h5,12,16H,2-4,6-11,13-14H2,1H3,(H2,19,20,21). The summed E-state index contributed by atoms with van der Waals surface area (Å²) in [5.41, 5.74) is 1.51. The number of rotatable bonds is 8. The number of hydrogen-bond donors (Lipinski definition) is 2. The van der Waals surface area contributed by atoms with Gasteiger partial charge in [0.15, 0.2) is 5.96 Å². The van der Waals surface area contributed by atoms with Crippen molar-refractivity contribution in [1.82, 2.24) is 15.5 Å². The zero-order valence-corrected chi connectivity index (χ0v) is 15.9. The Kier molecular flexibility index (Phi) is 7.54. The molecule has 0 saturated carbocycles. The average molecular weight is 367 g/mol. The summed E-state index contributed by atoms with van der Waals surface area (Å²) < 4.78 is 11.1. The minimum atomic E-state index is 0.297. The average Bonchev–Trinajstić information content (AvgIpc) is 3.31. The third-order valence-corrected chi connectivity index (χ3v) is 5.71. The van der Waals surface area contributed by atoms with Crippen LogP contribution in [0.15, 0.2) is 16.4 Å². The van der Waals surface area contributed by atoms with Crippen LogP contribution in [0.2, 0.25) is 0 Å². The Balaban J connectivity index is 1.24. The smallest absolute Gasteiger partial charge is 0.191 e. The van der Waals surface area contributed by atoms with E-state index in [4.69, 9.17) is 9.47 Å². The first-order chi connectivity index (χ1) is 12.3. The van der Waals surface area contributed by atoms with Crippen molar-refractivity contribution in [3.63, 3.8) is 0 Å². The summed E-state index contributed by atoms with van der Waals surface area (Å²) in [4.78, 5) is 8.36. The fraction of sp³-hybridized carbons (Fsp3) is 0.722. The van der Waals surface area contributed by atoms with Gasteiger partial charge in [0.1, 0.15) is 0 Å². The maximum Gasteiger partial charge on any atom is 0.191 e. The van der Waals surface area contributed by atoms with E-state index in [0.29, 0.717) is 6.10 Å². The van der Waals surface area contributed by atoms with Crippen LogP contribution in [-0.2, 0) is 22.4 Å². The minimum absolute atomic E-state index is 0.297. The molecule has 1 aromatic rings. The predicted molar refractivity (Wildman–Crippen MR) is 102 cm³/mol. The molecule has 7 heteroatoms. The first kappa shape index (κ1) is 18.6. The van der Waals surface area contributed by atoms with Crippen LogP contribution in [0, 0.1) is 0 Å². The summed E-state index contributed by atoms with van der Waals surface area (Å²) in [7, 11) is 1.82. The third kappa shape index (κ3) is 5.95. The monoisotopic (exact) mass is 366 g/mol. The molecule has 2 aliphatic rings. The number of hydrogen-bond acceptors (Lipinski definition) is 5. The summed E-state index contributed by atoms with van der Waals surface area (Å²) in [5.74, 6) is 0.873. The van der Waals surface area contributed by atoms with E-state index in [1.165, 1.54) is 12.0 Å². The molecule has 1 fully saturated rings. The molecule has 3 rings (SSSR count). The number of fused-ring (bicyclic) bond motifs is 1. The number of nitrogens with one attached hydrogen (secondary N) is 2. The van der Waals surface area contributed by atoms with Crippen LogP contribution >= 0.6 is 11.3 Å². The Morgan fingerprint density at radius 3 is 3.20 bits per heavy atom. The molecule has 0 radical (unpaired) electrons. The number of thiophene rings is 1. The number of nitrogens with zero attached hydrogens (tertiary/aromatic N) is 2. The van der Waals surface area contributed by atoms with Gasteiger partial charge in [0, 0.05) is 57.9 Å². The lowest BCUT2D eigenvalue weighted by molar-refractivity contribution is 0.0420. The Hall–Kier alpha value is -1.15. The van der Waals surface area contributed by atoms with Crippen LogP contribution in [0.5, 0.6) is 0 Å². The molecular weight excluding hydrogens is 336 g/mol. The maximum absolute atomic E-state index is 5.77. The molecule has 2 N–H and O–H groups in total. The Bertz CT molecular complexity index is 543. The van der Waals surface area contributed by atoms with Crippen molar-refractivity contribution in [3.8, 4) is 0 Å². The first-order valence-electron chi connectivity index (χ1n) is 9.26. The highest BCUT2D eigenvalue weighted by Gasteiger charge is 2.17. The maximum atomic E-state index is 5.77. The lowest BCUT2D eigenvalue weighted by Crippen LogP contribution is -2.42. The van der Waals surface area contributed by atoms with E-state index < -0.39 is 0 Å². The molecule has 1 aromatic heterocycles. The van der Waals surface area contributed by atoms with Gasteiger partial charge in [0.2, 0.25) is 0 Å². The van der Waals surface area contributed by atoms with E-state index in [9.17, 15) is 0 Å². The van der Waals surface area contributed by atoms with Crippen molar-refractivity contribution in [1.29, 1.82) is 0 Å². The van der Waals surface area contributed by atoms with E-state index >= 15 is 0 Å². The summed E-state index contributed by atoms with van der Waals surface area (Å²) in [6.07, 6.45) is 3.49. The van der Waals surface area contributed by atoms with Crippen molar-refractivity contribution in [2.24, 2.45) is 4.99 Å². The van der Waals surface area contributed by atoms with Gasteiger partial charge in [-0.2, -0.15) is 0 Å². The molecule has 25 heavy (non-hydrogen) atoms. The van der Waals surface area contributed by atoms with Gasteiger partial charge in [-0.05, 0) is 36.3 Å². The molecule has 2 aliphatic heterocycles. The molecule has 0 aliphatic carbocycles. The largest absolute Gasteiger partial charge is 0.379 e. The highest BCUT2D eigenvalue weighted by molar-refractivity contribution is 7.10. The second-order valence-corrected chi connectivity index (χ2v) is 7.53. The molecule has 6 nitrogen and oxygen atoms in total. The van der Waals surface area contributed by atoms with Gasteiger partial charge in [-0.1, -0.05) is 0 Å². The SMILES string of the molecule is CN=C(NCCCOC1CCOC1)NCCN1CCc2sccc2C1. The van der Waals surface area contributed by atoms with Crippen molar-refractivity contribution >= 4 is 17.3 Å². The van der Waals surface area contributed by atoms with Gasteiger partial charge < -0.3 is 20.1 Å². The highest BCUT2D eigenvalue weighted by Crippen LogP contribution is 2.23. The fourth-order valence-electron chi connectivity index (χ4n) is 3.22. The fourth-order valence-corrected chi connectivity index (χ4v) is 4.11. The first-order valence-corrected chi connectivity index (χ1v) is 10.1. The van der Waals surface area contributed by atoms with Gasteiger partial charge >= 0.3 is 0 Å². The zero-order chi connectivity index (χ0) is 17.3. The van der Waals surface area contributed by atoms with Gasteiger partial charge in [-0.3, -0.25) is 9.89 Å². The van der Waals surface area contributed by atoms with E-state index in [1.54, 1.807) is 4.88 Å². The van der Waals surface area contributed by atoms with Gasteiger partial charge in [0.25, 0.3) is 0 Å². The molecule has 0 bridgehead atoms. The van der Waals surface area contributed by atoms with E-state index in [2.05, 4.69) is 32.0 Å². The van der Waals surface area contributed by atoms with Gasteiger partial charge in [0.05, 0.1) is 12.7 Å². The van der Waals surface area contributed by atoms with Crippen molar-refractivity contribution < 1.29 is 9.47 Å². The Labute approximate surface area is 154 Å². The van der Waals surface area contributed by atoms with Crippen LogP contribution in [0.3, 0.4) is 0 Å². The van der Waals surface area contributed by atoms with Crippen molar-refractivity contribution in [2.45, 2.75) is 31.9 Å². The summed E-state index contributed by atoms with van der Waals surface area (Å²) in [6.45, 7) is 7.42. The van der Waals surface area contributed by atoms with E-state index in [1.807, 2.05) is 18.4 Å². The molecule has 0 amide bonds. The number of aliphatic imine (C=N–C) groups is 1. The van der Waals surface area contributed by atoms with Gasteiger partial charge in [-0.15, -0.1) is 11.3 Å². The Morgan fingerprint density at radius 1 is 1.44 bits per heavy atom. The third-order valence-electron chi connectivity index (χ3n) is 4.69. The van der Waals surface area contributed by atoms with Crippen molar-refractivity contribution in [2.75, 3.05) is 53.0 Å². The van der Waals surface area contributed by atoms with Crippen LogP contribution < -0.4 is 10.6 Å². The normalized spacial score (nSPS) is 21.3. The van der Waals surface area contributed by atoms with Crippen molar-refractivity contribution in [3.05, 3.63) is 21.9 Å². The lowest BCUT2D eigenvalue weighted by Gasteiger charge is -2.27. The van der Waals surface area contributed by atoms with Crippen LogP contribution in [0.4, 0.5) is 0 Å². The molecular formula is C18H30N4O2S. The molecule has 0 spiro atoms. The minimum Gasteiger partial charge on any atom is -0.379 e. The predicted octanol–water partition coefficient (Wildman–Crippen LogP) is 1.47. The molecule has 3 heterocycles. The zero-order valence-electron chi connectivity index (χ0n) is 15.1. The molecule has 0 aromatic carbocycles. The summed E-state index contributed by atoms with van der Waals surface area (Å²) >= 11 is 1.89. The Morgan fingerprint density at radius 2 is 2.36 bits per heavy atom.